The summed E-state index contributed by atoms with van der Waals surface area (Å²) in [5.74, 6) is -2.01. The van der Waals surface area contributed by atoms with Gasteiger partial charge in [0, 0.05) is 26.2 Å². The van der Waals surface area contributed by atoms with Gasteiger partial charge >= 0.3 is 0 Å². The monoisotopic (exact) mass is 434 g/mol. The molecule has 0 N–H and O–H groups in total. The molecular weight excluding hydrogens is 410 g/mol. The Bertz CT molecular complexity index is 945. The van der Waals surface area contributed by atoms with Crippen molar-refractivity contribution in [1.29, 1.82) is 0 Å². The summed E-state index contributed by atoms with van der Waals surface area (Å²) in [6.45, 7) is 5.95. The Labute approximate surface area is 167 Å². The molecule has 0 radical (unpaired) electrons. The maximum Gasteiger partial charge on any atom is 0.244 e. The largest absolute Gasteiger partial charge is 0.302 e. The van der Waals surface area contributed by atoms with Gasteiger partial charge in [0.25, 0.3) is 0 Å². The molecule has 0 saturated carbocycles. The molecule has 156 valence electrons. The zero-order valence-corrected chi connectivity index (χ0v) is 17.9. The maximum absolute atomic E-state index is 14.0. The molecule has 2 rings (SSSR count). The van der Waals surface area contributed by atoms with E-state index < -0.39 is 27.6 Å². The van der Waals surface area contributed by atoms with E-state index in [0.29, 0.717) is 6.54 Å². The fourth-order valence-electron chi connectivity index (χ4n) is 2.56. The van der Waals surface area contributed by atoms with E-state index in [-0.39, 0.29) is 28.4 Å². The van der Waals surface area contributed by atoms with Gasteiger partial charge in [-0.2, -0.15) is 4.31 Å². The smallest absolute Gasteiger partial charge is 0.244 e. The van der Waals surface area contributed by atoms with Crippen LogP contribution >= 0.6 is 11.3 Å². The minimum atomic E-state index is -3.54. The second-order valence-electron chi connectivity index (χ2n) is 6.32. The van der Waals surface area contributed by atoms with Crippen LogP contribution < -0.4 is 4.90 Å². The van der Waals surface area contributed by atoms with Gasteiger partial charge in [-0.15, -0.1) is 0 Å². The SMILES string of the molecule is CCN(CC)CCN(C(=O)CN(C)S(C)(=O)=O)c1nc2c(F)cc(F)cc2s1. The van der Waals surface area contributed by atoms with Crippen LogP contribution in [0.4, 0.5) is 13.9 Å². The number of aromatic nitrogens is 1. The topological polar surface area (TPSA) is 73.8 Å². The van der Waals surface area contributed by atoms with Gasteiger partial charge in [0.1, 0.15) is 11.3 Å². The third-order valence-electron chi connectivity index (χ3n) is 4.39. The van der Waals surface area contributed by atoms with E-state index in [1.54, 1.807) is 0 Å². The van der Waals surface area contributed by atoms with Crippen LogP contribution in [0.5, 0.6) is 0 Å². The number of hydrogen-bond donors (Lipinski definition) is 0. The fourth-order valence-corrected chi connectivity index (χ4v) is 3.96. The fraction of sp³-hybridized carbons (Fsp3) is 0.529. The standard InChI is InChI=1S/C17H24F2N4O3S2/c1-5-22(6-2)7-8-23(15(24)11-21(3)28(4,25)26)17-20-16-13(19)9-12(18)10-14(16)27-17/h9-10H,5-8,11H2,1-4H3. The van der Waals surface area contributed by atoms with E-state index >= 15 is 0 Å². The summed E-state index contributed by atoms with van der Waals surface area (Å²) >= 11 is 0.991. The first-order valence-electron chi connectivity index (χ1n) is 8.76. The molecule has 0 spiro atoms. The maximum atomic E-state index is 14.0. The predicted octanol–water partition coefficient (Wildman–Crippen LogP) is 2.14. The van der Waals surface area contributed by atoms with Crippen LogP contribution in [0.1, 0.15) is 13.8 Å². The number of amides is 1. The van der Waals surface area contributed by atoms with Crippen LogP contribution in [-0.2, 0) is 14.8 Å². The lowest BCUT2D eigenvalue weighted by molar-refractivity contribution is -0.118. The Hall–Kier alpha value is -1.69. The van der Waals surface area contributed by atoms with Crippen molar-refractivity contribution in [2.75, 3.05) is 50.9 Å². The number of fused-ring (bicyclic) bond motifs is 1. The first kappa shape index (κ1) is 22.6. The summed E-state index contributed by atoms with van der Waals surface area (Å²) in [5, 5.41) is 0.207. The highest BCUT2D eigenvalue weighted by Crippen LogP contribution is 2.31. The summed E-state index contributed by atoms with van der Waals surface area (Å²) < 4.78 is 52.0. The normalized spacial score (nSPS) is 12.3. The van der Waals surface area contributed by atoms with E-state index in [4.69, 9.17) is 0 Å². The average Bonchev–Trinajstić information content (AvgIpc) is 3.01. The first-order valence-corrected chi connectivity index (χ1v) is 11.4. The highest BCUT2D eigenvalue weighted by molar-refractivity contribution is 7.88. The quantitative estimate of drug-likeness (QED) is 0.605. The van der Waals surface area contributed by atoms with E-state index in [2.05, 4.69) is 9.88 Å². The molecular formula is C17H24F2N4O3S2. The predicted molar refractivity (Wildman–Crippen MR) is 107 cm³/mol. The summed E-state index contributed by atoms with van der Waals surface area (Å²) in [5.41, 5.74) is -0.0153. The highest BCUT2D eigenvalue weighted by atomic mass is 32.2. The molecule has 0 fully saturated rings. The number of carbonyl (C=O) groups excluding carboxylic acids is 1. The number of likely N-dealkylation sites (N-methyl/N-ethyl adjacent to an activating group) is 2. The number of benzene rings is 1. The Balaban J connectivity index is 2.37. The molecule has 1 heterocycles. The number of nitrogens with zero attached hydrogens (tertiary/aromatic N) is 4. The molecule has 0 unspecified atom stereocenters. The van der Waals surface area contributed by atoms with Crippen molar-refractivity contribution in [1.82, 2.24) is 14.2 Å². The number of hydrogen-bond acceptors (Lipinski definition) is 6. The van der Waals surface area contributed by atoms with E-state index in [0.717, 1.165) is 47.1 Å². The lowest BCUT2D eigenvalue weighted by Crippen LogP contribution is -2.44. The second-order valence-corrected chi connectivity index (χ2v) is 9.42. The van der Waals surface area contributed by atoms with Gasteiger partial charge in [0.05, 0.1) is 17.5 Å². The zero-order valence-electron chi connectivity index (χ0n) is 16.3. The molecule has 0 saturated heterocycles. The van der Waals surface area contributed by atoms with Gasteiger partial charge in [-0.3, -0.25) is 9.69 Å². The zero-order chi connectivity index (χ0) is 21.1. The first-order chi connectivity index (χ1) is 13.1. The van der Waals surface area contributed by atoms with Crippen LogP contribution in [0, 0.1) is 11.6 Å². The summed E-state index contributed by atoms with van der Waals surface area (Å²) in [4.78, 5) is 20.4. The van der Waals surface area contributed by atoms with Crippen LogP contribution in [0.2, 0.25) is 0 Å². The molecule has 0 aliphatic rings. The van der Waals surface area contributed by atoms with E-state index in [9.17, 15) is 22.0 Å². The summed E-state index contributed by atoms with van der Waals surface area (Å²) in [7, 11) is -2.23. The minimum absolute atomic E-state index is 0.0153. The van der Waals surface area contributed by atoms with Crippen molar-refractivity contribution < 1.29 is 22.0 Å². The Morgan fingerprint density at radius 2 is 1.82 bits per heavy atom. The number of sulfonamides is 1. The molecule has 28 heavy (non-hydrogen) atoms. The Morgan fingerprint density at radius 3 is 2.39 bits per heavy atom. The molecule has 7 nitrogen and oxygen atoms in total. The van der Waals surface area contributed by atoms with Crippen LogP contribution in [0.25, 0.3) is 10.2 Å². The summed E-state index contributed by atoms with van der Waals surface area (Å²) in [6.07, 6.45) is 1.01. The van der Waals surface area contributed by atoms with Crippen LogP contribution in [0.3, 0.4) is 0 Å². The van der Waals surface area contributed by atoms with Crippen molar-refractivity contribution in [3.8, 4) is 0 Å². The third-order valence-corrected chi connectivity index (χ3v) is 6.68. The molecule has 2 aromatic rings. The lowest BCUT2D eigenvalue weighted by atomic mass is 10.3. The van der Waals surface area contributed by atoms with Crippen molar-refractivity contribution in [3.63, 3.8) is 0 Å². The highest BCUT2D eigenvalue weighted by Gasteiger charge is 2.25. The van der Waals surface area contributed by atoms with Gasteiger partial charge in [0.15, 0.2) is 10.9 Å². The van der Waals surface area contributed by atoms with Gasteiger partial charge in [0.2, 0.25) is 15.9 Å². The van der Waals surface area contributed by atoms with Crippen molar-refractivity contribution in [2.24, 2.45) is 0 Å². The molecule has 1 aromatic carbocycles. The third kappa shape index (κ3) is 5.43. The lowest BCUT2D eigenvalue weighted by Gasteiger charge is -2.26. The van der Waals surface area contributed by atoms with Gasteiger partial charge < -0.3 is 4.90 Å². The molecule has 1 aromatic heterocycles. The minimum Gasteiger partial charge on any atom is -0.302 e. The number of rotatable bonds is 9. The Kier molecular flexibility index (Phi) is 7.43. The summed E-state index contributed by atoms with van der Waals surface area (Å²) in [6, 6.07) is 1.90. The number of thiazole rings is 1. The van der Waals surface area contributed by atoms with Crippen molar-refractivity contribution >= 4 is 42.6 Å². The van der Waals surface area contributed by atoms with Crippen molar-refractivity contribution in [2.45, 2.75) is 13.8 Å². The van der Waals surface area contributed by atoms with Crippen LogP contribution in [-0.4, -0.2) is 74.5 Å². The average molecular weight is 435 g/mol. The van der Waals surface area contributed by atoms with Gasteiger partial charge in [-0.05, 0) is 19.2 Å². The van der Waals surface area contributed by atoms with Gasteiger partial charge in [-0.25, -0.2) is 22.2 Å². The molecule has 0 aliphatic carbocycles. The Morgan fingerprint density at radius 1 is 1.18 bits per heavy atom. The molecule has 0 aliphatic heterocycles. The van der Waals surface area contributed by atoms with E-state index in [1.165, 1.54) is 11.9 Å². The van der Waals surface area contributed by atoms with E-state index in [1.807, 2.05) is 13.8 Å². The number of halogens is 2. The second kappa shape index (κ2) is 9.21. The van der Waals surface area contributed by atoms with Crippen LogP contribution in [0.15, 0.2) is 12.1 Å². The molecule has 0 atom stereocenters. The number of anilines is 1. The van der Waals surface area contributed by atoms with Crippen molar-refractivity contribution in [3.05, 3.63) is 23.8 Å². The molecule has 11 heteroatoms. The number of carbonyl (C=O) groups is 1. The molecule has 1 amide bonds. The van der Waals surface area contributed by atoms with Gasteiger partial charge in [-0.1, -0.05) is 25.2 Å². The molecule has 0 bridgehead atoms.